The summed E-state index contributed by atoms with van der Waals surface area (Å²) < 4.78 is 6.08. The average Bonchev–Trinajstić information content (AvgIpc) is 2.66. The minimum absolute atomic E-state index is 0.113. The zero-order valence-corrected chi connectivity index (χ0v) is 15.9. The molecule has 0 saturated carbocycles. The molecule has 3 heteroatoms. The third-order valence-corrected chi connectivity index (χ3v) is 4.83. The predicted octanol–water partition coefficient (Wildman–Crippen LogP) is 5.60. The Morgan fingerprint density at radius 2 is 1.74 bits per heavy atom. The van der Waals surface area contributed by atoms with Crippen molar-refractivity contribution in [3.05, 3.63) is 77.4 Å². The van der Waals surface area contributed by atoms with Crippen LogP contribution in [-0.2, 0) is 17.6 Å². The minimum Gasteiger partial charge on any atom is -0.493 e. The summed E-state index contributed by atoms with van der Waals surface area (Å²) in [5, 5.41) is 11.5. The van der Waals surface area contributed by atoms with Crippen LogP contribution in [0.3, 0.4) is 0 Å². The molecule has 0 saturated heterocycles. The van der Waals surface area contributed by atoms with E-state index >= 15 is 0 Å². The van der Waals surface area contributed by atoms with Gasteiger partial charge < -0.3 is 9.84 Å². The van der Waals surface area contributed by atoms with E-state index in [0.29, 0.717) is 18.9 Å². The van der Waals surface area contributed by atoms with Crippen LogP contribution in [0.1, 0.15) is 42.9 Å². The third-order valence-electron chi connectivity index (χ3n) is 4.83. The van der Waals surface area contributed by atoms with Gasteiger partial charge in [-0.2, -0.15) is 0 Å². The fourth-order valence-corrected chi connectivity index (χ4v) is 3.19. The first-order valence-corrected chi connectivity index (χ1v) is 9.48. The van der Waals surface area contributed by atoms with Crippen molar-refractivity contribution in [2.45, 2.75) is 39.0 Å². The van der Waals surface area contributed by atoms with Crippen LogP contribution in [0.15, 0.2) is 60.7 Å². The normalized spacial score (nSPS) is 11.1. The van der Waals surface area contributed by atoms with Gasteiger partial charge in [-0.15, -0.1) is 0 Å². The third kappa shape index (κ3) is 5.10. The summed E-state index contributed by atoms with van der Waals surface area (Å²) in [6.07, 6.45) is 1.41. The maximum atomic E-state index is 10.9. The number of aryl methyl sites for hydroxylation is 1. The molecule has 3 nitrogen and oxygen atoms in total. The number of aliphatic carboxylic acids is 1. The van der Waals surface area contributed by atoms with E-state index in [4.69, 9.17) is 9.84 Å². The van der Waals surface area contributed by atoms with E-state index in [2.05, 4.69) is 62.4 Å². The van der Waals surface area contributed by atoms with E-state index in [9.17, 15) is 4.79 Å². The Bertz CT molecular complexity index is 928. The van der Waals surface area contributed by atoms with Gasteiger partial charge in [0.25, 0.3) is 0 Å². The Hall–Kier alpha value is -2.81. The van der Waals surface area contributed by atoms with Gasteiger partial charge in [0.2, 0.25) is 0 Å². The Morgan fingerprint density at radius 3 is 2.48 bits per heavy atom. The fraction of sp³-hybridized carbons (Fsp3) is 0.292. The molecule has 0 unspecified atom stereocenters. The van der Waals surface area contributed by atoms with Crippen molar-refractivity contribution < 1.29 is 14.6 Å². The van der Waals surface area contributed by atoms with Gasteiger partial charge in [-0.3, -0.25) is 4.79 Å². The molecular weight excluding hydrogens is 336 g/mol. The first-order valence-electron chi connectivity index (χ1n) is 9.48. The molecule has 0 radical (unpaired) electrons. The maximum absolute atomic E-state index is 10.9. The second-order valence-electron chi connectivity index (χ2n) is 7.20. The number of rotatable bonds is 8. The summed E-state index contributed by atoms with van der Waals surface area (Å²) in [7, 11) is 0. The van der Waals surface area contributed by atoms with Gasteiger partial charge >= 0.3 is 5.97 Å². The minimum atomic E-state index is -0.787. The van der Waals surface area contributed by atoms with Crippen LogP contribution in [-0.4, -0.2) is 17.7 Å². The lowest BCUT2D eigenvalue weighted by atomic mass is 9.99. The molecule has 0 amide bonds. The van der Waals surface area contributed by atoms with E-state index in [-0.39, 0.29) is 6.42 Å². The molecule has 27 heavy (non-hydrogen) atoms. The second-order valence-corrected chi connectivity index (χ2v) is 7.20. The van der Waals surface area contributed by atoms with Crippen LogP contribution < -0.4 is 4.74 Å². The Kier molecular flexibility index (Phi) is 6.12. The molecule has 0 atom stereocenters. The molecule has 0 aliphatic rings. The topological polar surface area (TPSA) is 46.5 Å². The lowest BCUT2D eigenvalue weighted by molar-refractivity contribution is -0.136. The molecular formula is C24H26O3. The van der Waals surface area contributed by atoms with Crippen LogP contribution >= 0.6 is 0 Å². The average molecular weight is 362 g/mol. The van der Waals surface area contributed by atoms with Crippen LogP contribution in [0, 0.1) is 0 Å². The number of ether oxygens (including phenoxy) is 1. The zero-order valence-electron chi connectivity index (χ0n) is 15.9. The van der Waals surface area contributed by atoms with E-state index in [0.717, 1.165) is 17.7 Å². The van der Waals surface area contributed by atoms with E-state index in [1.54, 1.807) is 0 Å². The molecule has 0 aliphatic carbocycles. The molecule has 0 aliphatic heterocycles. The number of fused-ring (bicyclic) bond motifs is 1. The van der Waals surface area contributed by atoms with E-state index < -0.39 is 5.97 Å². The largest absolute Gasteiger partial charge is 0.493 e. The zero-order chi connectivity index (χ0) is 19.2. The van der Waals surface area contributed by atoms with Gasteiger partial charge in [-0.05, 0) is 45.9 Å². The van der Waals surface area contributed by atoms with Crippen molar-refractivity contribution in [3.8, 4) is 5.75 Å². The van der Waals surface area contributed by atoms with E-state index in [1.807, 2.05) is 12.1 Å². The summed E-state index contributed by atoms with van der Waals surface area (Å²) in [4.78, 5) is 10.9. The molecule has 3 aromatic rings. The van der Waals surface area contributed by atoms with Crippen molar-refractivity contribution in [2.75, 3.05) is 6.61 Å². The predicted molar refractivity (Wildman–Crippen MR) is 110 cm³/mol. The number of benzene rings is 3. The van der Waals surface area contributed by atoms with Gasteiger partial charge in [0.1, 0.15) is 5.75 Å². The summed E-state index contributed by atoms with van der Waals surface area (Å²) in [6.45, 7) is 4.86. The fourth-order valence-electron chi connectivity index (χ4n) is 3.19. The first-order chi connectivity index (χ1) is 13.0. The van der Waals surface area contributed by atoms with Crippen LogP contribution in [0.5, 0.6) is 5.75 Å². The van der Waals surface area contributed by atoms with Crippen molar-refractivity contribution in [1.82, 2.24) is 0 Å². The molecule has 0 fully saturated rings. The smallest absolute Gasteiger partial charge is 0.303 e. The highest BCUT2D eigenvalue weighted by molar-refractivity contribution is 5.83. The van der Waals surface area contributed by atoms with Crippen molar-refractivity contribution >= 4 is 16.7 Å². The number of carboxylic acid groups (broad SMARTS) is 1. The quantitative estimate of drug-likeness (QED) is 0.567. The first kappa shape index (κ1) is 19.0. The molecule has 0 bridgehead atoms. The van der Waals surface area contributed by atoms with Crippen molar-refractivity contribution in [1.29, 1.82) is 0 Å². The summed E-state index contributed by atoms with van der Waals surface area (Å²) in [5.74, 6) is 0.426. The monoisotopic (exact) mass is 362 g/mol. The highest BCUT2D eigenvalue weighted by atomic mass is 16.5. The molecule has 1 N–H and O–H groups in total. The summed E-state index contributed by atoms with van der Waals surface area (Å²) in [5.41, 5.74) is 3.40. The Morgan fingerprint density at radius 1 is 0.963 bits per heavy atom. The van der Waals surface area contributed by atoms with Gasteiger partial charge in [0.15, 0.2) is 0 Å². The standard InChI is InChI=1S/C24H26O3/c1-17(2)21-10-9-20(11-12-24(25)26)23(16-21)27-14-13-18-7-8-19-5-3-4-6-22(19)15-18/h3-10,15-17H,11-14H2,1-2H3,(H,25,26). The lowest BCUT2D eigenvalue weighted by Gasteiger charge is -2.15. The second kappa shape index (κ2) is 8.72. The maximum Gasteiger partial charge on any atom is 0.303 e. The molecule has 0 spiro atoms. The molecule has 0 aromatic heterocycles. The Balaban J connectivity index is 1.70. The molecule has 3 rings (SSSR count). The molecule has 3 aromatic carbocycles. The Labute approximate surface area is 160 Å². The van der Waals surface area contributed by atoms with E-state index in [1.165, 1.54) is 21.9 Å². The molecule has 140 valence electrons. The lowest BCUT2D eigenvalue weighted by Crippen LogP contribution is -2.06. The van der Waals surface area contributed by atoms with Gasteiger partial charge in [-0.25, -0.2) is 0 Å². The number of carbonyl (C=O) groups is 1. The van der Waals surface area contributed by atoms with Gasteiger partial charge in [0, 0.05) is 12.8 Å². The van der Waals surface area contributed by atoms with Crippen LogP contribution in [0.25, 0.3) is 10.8 Å². The summed E-state index contributed by atoms with van der Waals surface area (Å²) in [6, 6.07) is 20.9. The molecule has 0 heterocycles. The SMILES string of the molecule is CC(C)c1ccc(CCC(=O)O)c(OCCc2ccc3ccccc3c2)c1. The number of carboxylic acids is 1. The van der Waals surface area contributed by atoms with Gasteiger partial charge in [-0.1, -0.05) is 68.4 Å². The van der Waals surface area contributed by atoms with Crippen molar-refractivity contribution in [3.63, 3.8) is 0 Å². The van der Waals surface area contributed by atoms with Crippen molar-refractivity contribution in [2.24, 2.45) is 0 Å². The number of hydrogen-bond donors (Lipinski definition) is 1. The highest BCUT2D eigenvalue weighted by Gasteiger charge is 2.10. The highest BCUT2D eigenvalue weighted by Crippen LogP contribution is 2.26. The van der Waals surface area contributed by atoms with Gasteiger partial charge in [0.05, 0.1) is 6.61 Å². The van der Waals surface area contributed by atoms with Crippen LogP contribution in [0.2, 0.25) is 0 Å². The summed E-state index contributed by atoms with van der Waals surface area (Å²) >= 11 is 0. The number of hydrogen-bond acceptors (Lipinski definition) is 2. The van der Waals surface area contributed by atoms with Crippen LogP contribution in [0.4, 0.5) is 0 Å².